The summed E-state index contributed by atoms with van der Waals surface area (Å²) in [6.07, 6.45) is 2.59. The van der Waals surface area contributed by atoms with E-state index in [0.717, 1.165) is 20.3 Å². The Labute approximate surface area is 121 Å². The fraction of sp³-hybridized carbons (Fsp3) is 0.615. The highest BCUT2D eigenvalue weighted by atomic mass is 79.9. The first kappa shape index (κ1) is 14.0. The third-order valence-electron chi connectivity index (χ3n) is 3.46. The molecule has 1 atom stereocenters. The number of nitrogens with zero attached hydrogens (tertiary/aromatic N) is 1. The minimum absolute atomic E-state index is 0.0323. The Kier molecular flexibility index (Phi) is 4.45. The van der Waals surface area contributed by atoms with Crippen molar-refractivity contribution in [3.05, 3.63) is 20.3 Å². The van der Waals surface area contributed by atoms with E-state index in [9.17, 15) is 4.79 Å². The van der Waals surface area contributed by atoms with Crippen LogP contribution in [0.5, 0.6) is 0 Å². The summed E-state index contributed by atoms with van der Waals surface area (Å²) in [5, 5.41) is 3.01. The molecule has 3 nitrogen and oxygen atoms in total. The van der Waals surface area contributed by atoms with E-state index in [1.807, 2.05) is 13.0 Å². The van der Waals surface area contributed by atoms with Crippen molar-refractivity contribution < 1.29 is 4.79 Å². The number of thiophene rings is 1. The zero-order valence-corrected chi connectivity index (χ0v) is 13.4. The standard InChI is InChI=1S/C13H19BrN2OS/c1-8-6-11(18-12(8)14)13(17)15-7-9(2)16(3)10-4-5-10/h6,9-10H,4-5,7H2,1-3H3,(H,15,17). The maximum absolute atomic E-state index is 12.0. The molecule has 1 unspecified atom stereocenters. The number of rotatable bonds is 5. The number of aryl methyl sites for hydroxylation is 1. The normalized spacial score (nSPS) is 16.9. The average molecular weight is 331 g/mol. The van der Waals surface area contributed by atoms with Gasteiger partial charge in [0, 0.05) is 18.6 Å². The number of nitrogens with one attached hydrogen (secondary N) is 1. The Hall–Kier alpha value is -0.390. The van der Waals surface area contributed by atoms with Gasteiger partial charge in [0.2, 0.25) is 0 Å². The number of halogens is 1. The van der Waals surface area contributed by atoms with Crippen molar-refractivity contribution >= 4 is 33.2 Å². The lowest BCUT2D eigenvalue weighted by molar-refractivity contribution is 0.0943. The second-order valence-electron chi connectivity index (χ2n) is 5.02. The zero-order chi connectivity index (χ0) is 13.3. The van der Waals surface area contributed by atoms with Crippen molar-refractivity contribution in [3.63, 3.8) is 0 Å². The maximum atomic E-state index is 12.0. The van der Waals surface area contributed by atoms with Crippen molar-refractivity contribution in [3.8, 4) is 0 Å². The van der Waals surface area contributed by atoms with Crippen molar-refractivity contribution in [2.24, 2.45) is 0 Å². The molecule has 1 amide bonds. The highest BCUT2D eigenvalue weighted by Crippen LogP contribution is 2.28. The summed E-state index contributed by atoms with van der Waals surface area (Å²) in [5.74, 6) is 0.0323. The molecule has 100 valence electrons. The monoisotopic (exact) mass is 330 g/mol. The van der Waals surface area contributed by atoms with E-state index in [-0.39, 0.29) is 5.91 Å². The fourth-order valence-electron chi connectivity index (χ4n) is 1.88. The van der Waals surface area contributed by atoms with Crippen LogP contribution in [0.4, 0.5) is 0 Å². The summed E-state index contributed by atoms with van der Waals surface area (Å²) in [6, 6.07) is 3.06. The van der Waals surface area contributed by atoms with Gasteiger partial charge in [-0.25, -0.2) is 0 Å². The van der Waals surface area contributed by atoms with Gasteiger partial charge in [0.1, 0.15) is 0 Å². The van der Waals surface area contributed by atoms with Gasteiger partial charge in [-0.2, -0.15) is 0 Å². The topological polar surface area (TPSA) is 32.3 Å². The van der Waals surface area contributed by atoms with Crippen LogP contribution in [0.15, 0.2) is 9.85 Å². The molecule has 0 saturated heterocycles. The Bertz CT molecular complexity index is 423. The Morgan fingerprint density at radius 2 is 2.33 bits per heavy atom. The number of amides is 1. The second-order valence-corrected chi connectivity index (χ2v) is 7.39. The average Bonchev–Trinajstić information content (AvgIpc) is 3.12. The van der Waals surface area contributed by atoms with Gasteiger partial charge in [-0.15, -0.1) is 11.3 Å². The molecule has 1 aromatic heterocycles. The van der Waals surface area contributed by atoms with E-state index in [0.29, 0.717) is 12.6 Å². The Morgan fingerprint density at radius 3 is 2.83 bits per heavy atom. The summed E-state index contributed by atoms with van der Waals surface area (Å²) < 4.78 is 1.04. The molecule has 1 aliphatic carbocycles. The van der Waals surface area contributed by atoms with Crippen LogP contribution in [0.3, 0.4) is 0 Å². The molecule has 1 fully saturated rings. The quantitative estimate of drug-likeness (QED) is 0.899. The molecular weight excluding hydrogens is 312 g/mol. The lowest BCUT2D eigenvalue weighted by Gasteiger charge is -2.24. The van der Waals surface area contributed by atoms with Gasteiger partial charge in [-0.1, -0.05) is 0 Å². The van der Waals surface area contributed by atoms with E-state index in [4.69, 9.17) is 0 Å². The molecule has 0 aromatic carbocycles. The molecule has 0 spiro atoms. The van der Waals surface area contributed by atoms with Crippen LogP contribution in [0.2, 0.25) is 0 Å². The van der Waals surface area contributed by atoms with Gasteiger partial charge in [0.15, 0.2) is 0 Å². The summed E-state index contributed by atoms with van der Waals surface area (Å²) in [6.45, 7) is 4.87. The molecule has 1 heterocycles. The van der Waals surface area contributed by atoms with Gasteiger partial charge >= 0.3 is 0 Å². The van der Waals surface area contributed by atoms with Gasteiger partial charge in [-0.3, -0.25) is 9.69 Å². The van der Waals surface area contributed by atoms with Crippen molar-refractivity contribution in [2.45, 2.75) is 38.8 Å². The van der Waals surface area contributed by atoms with E-state index < -0.39 is 0 Å². The fourth-order valence-corrected chi connectivity index (χ4v) is 3.34. The lowest BCUT2D eigenvalue weighted by atomic mass is 10.2. The first-order chi connectivity index (χ1) is 8.49. The molecule has 0 radical (unpaired) electrons. The number of likely N-dealkylation sites (N-methyl/N-ethyl adjacent to an activating group) is 1. The molecule has 2 rings (SSSR count). The van der Waals surface area contributed by atoms with E-state index >= 15 is 0 Å². The van der Waals surface area contributed by atoms with E-state index in [2.05, 4.69) is 40.1 Å². The minimum atomic E-state index is 0.0323. The van der Waals surface area contributed by atoms with Crippen LogP contribution in [-0.2, 0) is 0 Å². The number of carbonyl (C=O) groups excluding carboxylic acids is 1. The Morgan fingerprint density at radius 1 is 1.67 bits per heavy atom. The smallest absolute Gasteiger partial charge is 0.261 e. The van der Waals surface area contributed by atoms with Crippen LogP contribution >= 0.6 is 27.3 Å². The van der Waals surface area contributed by atoms with Gasteiger partial charge in [0.05, 0.1) is 8.66 Å². The molecular formula is C13H19BrN2OS. The maximum Gasteiger partial charge on any atom is 0.261 e. The van der Waals surface area contributed by atoms with Gasteiger partial charge < -0.3 is 5.32 Å². The number of hydrogen-bond acceptors (Lipinski definition) is 3. The molecule has 1 aromatic rings. The van der Waals surface area contributed by atoms with E-state index in [1.165, 1.54) is 24.2 Å². The highest BCUT2D eigenvalue weighted by Gasteiger charge is 2.29. The van der Waals surface area contributed by atoms with Gasteiger partial charge in [0.25, 0.3) is 5.91 Å². The van der Waals surface area contributed by atoms with Crippen LogP contribution in [0.25, 0.3) is 0 Å². The lowest BCUT2D eigenvalue weighted by Crippen LogP contribution is -2.41. The molecule has 5 heteroatoms. The van der Waals surface area contributed by atoms with E-state index in [1.54, 1.807) is 0 Å². The molecule has 18 heavy (non-hydrogen) atoms. The first-order valence-electron chi connectivity index (χ1n) is 6.25. The number of carbonyl (C=O) groups is 1. The summed E-state index contributed by atoms with van der Waals surface area (Å²) >= 11 is 4.94. The van der Waals surface area contributed by atoms with Gasteiger partial charge in [-0.05, 0) is 61.3 Å². The third kappa shape index (κ3) is 3.33. The van der Waals surface area contributed by atoms with Crippen LogP contribution in [-0.4, -0.2) is 36.5 Å². The second kappa shape index (κ2) is 5.72. The molecule has 0 bridgehead atoms. The van der Waals surface area contributed by atoms with Crippen LogP contribution < -0.4 is 5.32 Å². The molecule has 1 saturated carbocycles. The summed E-state index contributed by atoms with van der Waals surface area (Å²) in [4.78, 5) is 15.1. The SMILES string of the molecule is Cc1cc(C(=O)NCC(C)N(C)C2CC2)sc1Br. The molecule has 1 aliphatic rings. The van der Waals surface area contributed by atoms with Crippen LogP contribution in [0.1, 0.15) is 35.0 Å². The third-order valence-corrected chi connectivity index (χ3v) is 5.59. The predicted molar refractivity (Wildman–Crippen MR) is 79.3 cm³/mol. The van der Waals surface area contributed by atoms with Crippen LogP contribution in [0, 0.1) is 6.92 Å². The highest BCUT2D eigenvalue weighted by molar-refractivity contribution is 9.11. The van der Waals surface area contributed by atoms with Crippen molar-refractivity contribution in [2.75, 3.05) is 13.6 Å². The number of hydrogen-bond donors (Lipinski definition) is 1. The van der Waals surface area contributed by atoms with Crippen molar-refractivity contribution in [1.82, 2.24) is 10.2 Å². The zero-order valence-electron chi connectivity index (χ0n) is 11.0. The predicted octanol–water partition coefficient (Wildman–Crippen LogP) is 3.03. The van der Waals surface area contributed by atoms with Crippen molar-refractivity contribution in [1.29, 1.82) is 0 Å². The summed E-state index contributed by atoms with van der Waals surface area (Å²) in [5.41, 5.74) is 1.12. The molecule has 0 aliphatic heterocycles. The summed E-state index contributed by atoms with van der Waals surface area (Å²) in [7, 11) is 2.14. The minimum Gasteiger partial charge on any atom is -0.350 e. The Balaban J connectivity index is 1.84. The largest absolute Gasteiger partial charge is 0.350 e. The molecule has 1 N–H and O–H groups in total. The first-order valence-corrected chi connectivity index (χ1v) is 7.86.